The van der Waals surface area contributed by atoms with E-state index in [0.717, 1.165) is 68.9 Å². The lowest BCUT2D eigenvalue weighted by atomic mass is 9.76. The summed E-state index contributed by atoms with van der Waals surface area (Å²) >= 11 is 0. The van der Waals surface area contributed by atoms with Crippen molar-refractivity contribution in [1.29, 1.82) is 5.41 Å². The second-order valence-corrected chi connectivity index (χ2v) is 13.7. The molecule has 2 aromatic rings. The summed E-state index contributed by atoms with van der Waals surface area (Å²) < 4.78 is 0. The van der Waals surface area contributed by atoms with Crippen LogP contribution in [0.25, 0.3) is 0 Å². The number of hydrogen-bond acceptors (Lipinski definition) is 5. The summed E-state index contributed by atoms with van der Waals surface area (Å²) in [6, 6.07) is 15.9. The molecule has 2 saturated carbocycles. The highest BCUT2D eigenvalue weighted by molar-refractivity contribution is 5.95. The van der Waals surface area contributed by atoms with Crippen molar-refractivity contribution in [2.75, 3.05) is 13.1 Å². The van der Waals surface area contributed by atoms with Crippen molar-refractivity contribution in [3.8, 4) is 0 Å². The van der Waals surface area contributed by atoms with E-state index in [4.69, 9.17) is 22.6 Å². The van der Waals surface area contributed by atoms with Crippen molar-refractivity contribution in [1.82, 2.24) is 16.0 Å². The van der Waals surface area contributed by atoms with Crippen molar-refractivity contribution in [3.63, 3.8) is 0 Å². The van der Waals surface area contributed by atoms with Crippen LogP contribution in [-0.4, -0.2) is 54.7 Å². The van der Waals surface area contributed by atoms with Crippen molar-refractivity contribution >= 4 is 29.5 Å². The largest absolute Gasteiger partial charge is 0.384 e. The summed E-state index contributed by atoms with van der Waals surface area (Å²) in [5, 5.41) is 17.0. The Morgan fingerprint density at radius 3 is 2.00 bits per heavy atom. The lowest BCUT2D eigenvalue weighted by Crippen LogP contribution is -2.57. The van der Waals surface area contributed by atoms with Crippen molar-refractivity contribution < 1.29 is 14.4 Å². The molecular formula is C38H56N8O3. The van der Waals surface area contributed by atoms with Gasteiger partial charge in [0.05, 0.1) is 0 Å². The molecule has 0 heterocycles. The lowest BCUT2D eigenvalue weighted by Gasteiger charge is -2.34. The minimum Gasteiger partial charge on any atom is -0.384 e. The number of amides is 3. The number of nitrogens with two attached hydrogens (primary N) is 3. The molecular weight excluding hydrogens is 616 g/mol. The van der Waals surface area contributed by atoms with Gasteiger partial charge in [-0.1, -0.05) is 93.1 Å². The fourth-order valence-electron chi connectivity index (χ4n) is 7.34. The molecule has 2 fully saturated rings. The van der Waals surface area contributed by atoms with E-state index in [1.807, 2.05) is 54.6 Å². The van der Waals surface area contributed by atoms with Gasteiger partial charge in [-0.05, 0) is 74.3 Å². The van der Waals surface area contributed by atoms with Crippen LogP contribution in [-0.2, 0) is 27.2 Å². The number of nitrogens with zero attached hydrogens (tertiary/aromatic N) is 1. The fraction of sp³-hybridized carbons (Fsp3) is 0.553. The third-order valence-corrected chi connectivity index (χ3v) is 10.1. The molecule has 0 bridgehead atoms. The fourth-order valence-corrected chi connectivity index (χ4v) is 7.34. The van der Waals surface area contributed by atoms with Gasteiger partial charge in [0.25, 0.3) is 0 Å². The number of aliphatic imine (C=N–C) groups is 1. The molecule has 0 spiro atoms. The van der Waals surface area contributed by atoms with Crippen LogP contribution in [0.2, 0.25) is 0 Å². The lowest BCUT2D eigenvalue weighted by molar-refractivity contribution is -0.135. The molecule has 10 N–H and O–H groups in total. The second-order valence-electron chi connectivity index (χ2n) is 13.7. The predicted molar refractivity (Wildman–Crippen MR) is 195 cm³/mol. The maximum Gasteiger partial charge on any atom is 0.243 e. The third-order valence-electron chi connectivity index (χ3n) is 10.1. The zero-order valence-corrected chi connectivity index (χ0v) is 28.8. The average molecular weight is 673 g/mol. The standard InChI is InChI=1S/C38H56N8O3/c39-34(40)30-20-18-27(19-21-30)25-31(28-13-6-2-7-14-28)35(47)46-33(29-15-8-3-9-16-29)37(49)45-32(17-10-23-44-38(41)42)36(48)43-24-22-26-11-4-1-5-12-26/h1,4-5,11-12,18-21,28-29,31-33H,2-3,6-10,13-17,22-25H2,(H3,39,40)(H,43,48)(H,45,49)(H,46,47)(H4,41,42,44)/t31-,32-,33-/m0/s1. The Bertz CT molecular complexity index is 1380. The number of carbonyl (C=O) groups excluding carboxylic acids is 3. The Labute approximate surface area is 291 Å². The number of rotatable bonds is 17. The predicted octanol–water partition coefficient (Wildman–Crippen LogP) is 3.67. The van der Waals surface area contributed by atoms with Gasteiger partial charge >= 0.3 is 0 Å². The van der Waals surface area contributed by atoms with Gasteiger partial charge in [-0.3, -0.25) is 24.8 Å². The van der Waals surface area contributed by atoms with E-state index in [2.05, 4.69) is 20.9 Å². The van der Waals surface area contributed by atoms with E-state index in [1.54, 1.807) is 0 Å². The van der Waals surface area contributed by atoms with Gasteiger partial charge in [0.1, 0.15) is 17.9 Å². The van der Waals surface area contributed by atoms with Gasteiger partial charge < -0.3 is 33.2 Å². The van der Waals surface area contributed by atoms with Crippen LogP contribution < -0.4 is 33.2 Å². The minimum atomic E-state index is -0.797. The molecule has 0 aromatic heterocycles. The van der Waals surface area contributed by atoms with E-state index < -0.39 is 12.1 Å². The molecule has 0 radical (unpaired) electrons. The number of hydrogen-bond donors (Lipinski definition) is 7. The van der Waals surface area contributed by atoms with Crippen molar-refractivity contribution in [3.05, 3.63) is 71.3 Å². The first-order chi connectivity index (χ1) is 23.7. The summed E-state index contributed by atoms with van der Waals surface area (Å²) in [6.45, 7) is 0.771. The molecule has 11 heteroatoms. The first-order valence-corrected chi connectivity index (χ1v) is 18.1. The first-order valence-electron chi connectivity index (χ1n) is 18.1. The highest BCUT2D eigenvalue weighted by atomic mass is 16.2. The van der Waals surface area contributed by atoms with Crippen molar-refractivity contribution in [2.45, 2.75) is 102 Å². The first kappa shape index (κ1) is 37.4. The number of nitrogen functional groups attached to an aromatic ring is 1. The summed E-state index contributed by atoms with van der Waals surface area (Å²) in [5.74, 6) is -0.790. The Kier molecular flexibility index (Phi) is 14.9. The number of guanidine groups is 1. The number of carbonyl (C=O) groups is 3. The maximum atomic E-state index is 14.3. The molecule has 11 nitrogen and oxygen atoms in total. The Hall–Kier alpha value is -4.41. The second kappa shape index (κ2) is 19.6. The van der Waals surface area contributed by atoms with E-state index in [0.29, 0.717) is 44.3 Å². The van der Waals surface area contributed by atoms with Crippen LogP contribution in [0.5, 0.6) is 0 Å². The monoisotopic (exact) mass is 672 g/mol. The highest BCUT2D eigenvalue weighted by Crippen LogP contribution is 2.33. The van der Waals surface area contributed by atoms with Crippen LogP contribution in [0, 0.1) is 23.2 Å². The quantitative estimate of drug-likeness (QED) is 0.0759. The molecule has 0 aliphatic heterocycles. The third kappa shape index (κ3) is 12.2. The number of benzene rings is 2. The van der Waals surface area contributed by atoms with Crippen LogP contribution in [0.15, 0.2) is 59.6 Å². The van der Waals surface area contributed by atoms with E-state index in [9.17, 15) is 14.4 Å². The van der Waals surface area contributed by atoms with Gasteiger partial charge in [-0.25, -0.2) is 0 Å². The summed E-state index contributed by atoms with van der Waals surface area (Å²) in [5.41, 5.74) is 19.4. The zero-order chi connectivity index (χ0) is 35.0. The van der Waals surface area contributed by atoms with Gasteiger partial charge in [0.2, 0.25) is 17.7 Å². The average Bonchev–Trinajstić information content (AvgIpc) is 3.11. The Balaban J connectivity index is 1.50. The van der Waals surface area contributed by atoms with Crippen molar-refractivity contribution in [2.24, 2.45) is 39.9 Å². The maximum absolute atomic E-state index is 14.3. The van der Waals surface area contributed by atoms with E-state index >= 15 is 0 Å². The molecule has 2 aliphatic rings. The normalized spacial score (nSPS) is 17.2. The molecule has 3 atom stereocenters. The van der Waals surface area contributed by atoms with Gasteiger partial charge in [0, 0.05) is 24.6 Å². The van der Waals surface area contributed by atoms with Crippen LogP contribution >= 0.6 is 0 Å². The Morgan fingerprint density at radius 1 is 0.755 bits per heavy atom. The molecule has 2 aliphatic carbocycles. The van der Waals surface area contributed by atoms with Gasteiger partial charge in [-0.2, -0.15) is 0 Å². The molecule has 49 heavy (non-hydrogen) atoms. The summed E-state index contributed by atoms with van der Waals surface area (Å²) in [7, 11) is 0. The van der Waals surface area contributed by atoms with Gasteiger partial charge in [-0.15, -0.1) is 0 Å². The highest BCUT2D eigenvalue weighted by Gasteiger charge is 2.37. The number of nitrogens with one attached hydrogen (secondary N) is 4. The Morgan fingerprint density at radius 2 is 1.39 bits per heavy atom. The molecule has 0 unspecified atom stereocenters. The van der Waals surface area contributed by atoms with E-state index in [-0.39, 0.29) is 47.3 Å². The van der Waals surface area contributed by atoms with Gasteiger partial charge in [0.15, 0.2) is 5.96 Å². The van der Waals surface area contributed by atoms with Crippen LogP contribution in [0.3, 0.4) is 0 Å². The molecule has 2 aromatic carbocycles. The summed E-state index contributed by atoms with van der Waals surface area (Å²) in [6.07, 6.45) is 12.2. The summed E-state index contributed by atoms with van der Waals surface area (Å²) in [4.78, 5) is 46.0. The molecule has 3 amide bonds. The van der Waals surface area contributed by atoms with E-state index in [1.165, 1.54) is 6.42 Å². The smallest absolute Gasteiger partial charge is 0.243 e. The SMILES string of the molecule is N=C(N)c1ccc(C[C@H](C(=O)N[C@H](C(=O)N[C@@H](CCCN=C(N)N)C(=O)NCCc2ccccc2)C2CCCCC2)C2CCCCC2)cc1. The van der Waals surface area contributed by atoms with Crippen LogP contribution in [0.1, 0.15) is 93.7 Å². The number of amidine groups is 1. The van der Waals surface area contributed by atoms with Crippen LogP contribution in [0.4, 0.5) is 0 Å². The molecule has 0 saturated heterocycles. The minimum absolute atomic E-state index is 0.00822. The molecule has 266 valence electrons. The molecule has 4 rings (SSSR count). The topological polar surface area (TPSA) is 202 Å². The zero-order valence-electron chi connectivity index (χ0n) is 28.8.